The minimum atomic E-state index is -3.27. The molecule has 0 bridgehead atoms. The largest absolute Gasteiger partial charge is 0.376 e. The minimum absolute atomic E-state index is 0.0602. The highest BCUT2D eigenvalue weighted by Crippen LogP contribution is 2.34. The third kappa shape index (κ3) is 2.66. The zero-order valence-electron chi connectivity index (χ0n) is 11.8. The number of sulfone groups is 1. The molecule has 2 aromatic rings. The van der Waals surface area contributed by atoms with Crippen molar-refractivity contribution < 1.29 is 8.42 Å². The van der Waals surface area contributed by atoms with Crippen LogP contribution in [0, 0.1) is 0 Å². The SMILES string of the molecule is CS(=O)(=O)c1ccccc1NC1c2ccccc2CC1N. The maximum Gasteiger partial charge on any atom is 0.177 e. The van der Waals surface area contributed by atoms with Gasteiger partial charge in [0.05, 0.1) is 16.6 Å². The number of nitrogens with one attached hydrogen (secondary N) is 1. The van der Waals surface area contributed by atoms with Gasteiger partial charge in [-0.2, -0.15) is 0 Å². The van der Waals surface area contributed by atoms with E-state index in [9.17, 15) is 8.42 Å². The van der Waals surface area contributed by atoms with Crippen LogP contribution in [0.1, 0.15) is 17.2 Å². The van der Waals surface area contributed by atoms with Gasteiger partial charge in [-0.25, -0.2) is 8.42 Å². The molecule has 0 aliphatic heterocycles. The van der Waals surface area contributed by atoms with Crippen molar-refractivity contribution in [2.45, 2.75) is 23.4 Å². The number of nitrogens with two attached hydrogens (primary N) is 1. The van der Waals surface area contributed by atoms with Crippen molar-refractivity contribution >= 4 is 15.5 Å². The van der Waals surface area contributed by atoms with Gasteiger partial charge in [0.15, 0.2) is 9.84 Å². The normalized spacial score (nSPS) is 21.0. The predicted molar refractivity (Wildman–Crippen MR) is 84.0 cm³/mol. The van der Waals surface area contributed by atoms with Crippen LogP contribution in [-0.2, 0) is 16.3 Å². The van der Waals surface area contributed by atoms with Gasteiger partial charge in [0, 0.05) is 12.3 Å². The monoisotopic (exact) mass is 302 g/mol. The van der Waals surface area contributed by atoms with Gasteiger partial charge in [-0.3, -0.25) is 0 Å². The Bertz CT molecular complexity index is 771. The van der Waals surface area contributed by atoms with E-state index >= 15 is 0 Å². The lowest BCUT2D eigenvalue weighted by atomic mass is 10.1. The number of rotatable bonds is 3. The Balaban J connectivity index is 1.99. The Morgan fingerprint density at radius 1 is 1.10 bits per heavy atom. The molecule has 2 unspecified atom stereocenters. The fourth-order valence-electron chi connectivity index (χ4n) is 2.89. The number of para-hydroxylation sites is 1. The molecule has 110 valence electrons. The molecule has 0 saturated carbocycles. The van der Waals surface area contributed by atoms with Crippen LogP contribution in [0.25, 0.3) is 0 Å². The molecular formula is C16H18N2O2S. The summed E-state index contributed by atoms with van der Waals surface area (Å²) in [6.07, 6.45) is 2.02. The van der Waals surface area contributed by atoms with Crippen LogP contribution in [0.2, 0.25) is 0 Å². The number of anilines is 1. The first-order chi connectivity index (χ1) is 9.97. The molecule has 2 aromatic carbocycles. The fraction of sp³-hybridized carbons (Fsp3) is 0.250. The number of hydrogen-bond acceptors (Lipinski definition) is 4. The summed E-state index contributed by atoms with van der Waals surface area (Å²) in [7, 11) is -3.27. The van der Waals surface area contributed by atoms with Gasteiger partial charge in [-0.15, -0.1) is 0 Å². The third-order valence-corrected chi connectivity index (χ3v) is 5.03. The van der Waals surface area contributed by atoms with Gasteiger partial charge in [-0.1, -0.05) is 36.4 Å². The molecule has 3 rings (SSSR count). The summed E-state index contributed by atoms with van der Waals surface area (Å²) in [5, 5.41) is 3.32. The average molecular weight is 302 g/mol. The summed E-state index contributed by atoms with van der Waals surface area (Å²) < 4.78 is 23.8. The van der Waals surface area contributed by atoms with Crippen LogP contribution < -0.4 is 11.1 Å². The van der Waals surface area contributed by atoms with Crippen LogP contribution in [-0.4, -0.2) is 20.7 Å². The molecule has 1 aliphatic carbocycles. The van der Waals surface area contributed by atoms with Crippen LogP contribution in [0.4, 0.5) is 5.69 Å². The second-order valence-corrected chi connectivity index (χ2v) is 7.44. The molecule has 4 nitrogen and oxygen atoms in total. The average Bonchev–Trinajstić information content (AvgIpc) is 2.75. The van der Waals surface area contributed by atoms with Crippen molar-refractivity contribution in [1.29, 1.82) is 0 Å². The van der Waals surface area contributed by atoms with Gasteiger partial charge in [-0.05, 0) is 29.7 Å². The maximum atomic E-state index is 11.9. The molecular weight excluding hydrogens is 284 g/mol. The first-order valence-electron chi connectivity index (χ1n) is 6.86. The van der Waals surface area contributed by atoms with Crippen molar-refractivity contribution in [2.75, 3.05) is 11.6 Å². The van der Waals surface area contributed by atoms with Crippen LogP contribution in [0.15, 0.2) is 53.4 Å². The fourth-order valence-corrected chi connectivity index (χ4v) is 3.74. The highest BCUT2D eigenvalue weighted by atomic mass is 32.2. The quantitative estimate of drug-likeness (QED) is 0.911. The molecule has 21 heavy (non-hydrogen) atoms. The first kappa shape index (κ1) is 14.1. The lowest BCUT2D eigenvalue weighted by Crippen LogP contribution is -2.30. The number of fused-ring (bicyclic) bond motifs is 1. The van der Waals surface area contributed by atoms with E-state index in [0.717, 1.165) is 12.0 Å². The Morgan fingerprint density at radius 2 is 1.76 bits per heavy atom. The first-order valence-corrected chi connectivity index (χ1v) is 8.75. The molecule has 0 fully saturated rings. The number of benzene rings is 2. The molecule has 1 aliphatic rings. The topological polar surface area (TPSA) is 72.2 Å². The van der Waals surface area contributed by atoms with E-state index in [1.165, 1.54) is 11.8 Å². The van der Waals surface area contributed by atoms with Crippen molar-refractivity contribution in [1.82, 2.24) is 0 Å². The van der Waals surface area contributed by atoms with Crippen LogP contribution in [0.3, 0.4) is 0 Å². The second-order valence-electron chi connectivity index (χ2n) is 5.46. The summed E-state index contributed by atoms with van der Waals surface area (Å²) in [6, 6.07) is 14.9. The highest BCUT2D eigenvalue weighted by Gasteiger charge is 2.30. The van der Waals surface area contributed by atoms with E-state index in [4.69, 9.17) is 5.73 Å². The Kier molecular flexibility index (Phi) is 3.47. The summed E-state index contributed by atoms with van der Waals surface area (Å²) in [4.78, 5) is 0.307. The van der Waals surface area contributed by atoms with Gasteiger partial charge < -0.3 is 11.1 Å². The maximum absolute atomic E-state index is 11.9. The third-order valence-electron chi connectivity index (χ3n) is 3.87. The lowest BCUT2D eigenvalue weighted by Gasteiger charge is -2.21. The van der Waals surface area contributed by atoms with Crippen molar-refractivity contribution in [3.05, 3.63) is 59.7 Å². The van der Waals surface area contributed by atoms with E-state index in [0.29, 0.717) is 10.6 Å². The Labute approximate surface area is 124 Å². The van der Waals surface area contributed by atoms with Gasteiger partial charge in [0.25, 0.3) is 0 Å². The molecule has 3 N–H and O–H groups in total. The summed E-state index contributed by atoms with van der Waals surface area (Å²) in [5.74, 6) is 0. The molecule has 0 heterocycles. The van der Waals surface area contributed by atoms with Crippen molar-refractivity contribution in [3.8, 4) is 0 Å². The standard InChI is InChI=1S/C16H18N2O2S/c1-21(19,20)15-9-5-4-8-14(15)18-16-12-7-3-2-6-11(12)10-13(16)17/h2-9,13,16,18H,10,17H2,1H3. The van der Waals surface area contributed by atoms with E-state index in [1.54, 1.807) is 18.2 Å². The van der Waals surface area contributed by atoms with Gasteiger partial charge >= 0.3 is 0 Å². The van der Waals surface area contributed by atoms with Crippen molar-refractivity contribution in [2.24, 2.45) is 5.73 Å². The van der Waals surface area contributed by atoms with E-state index in [2.05, 4.69) is 11.4 Å². The Hall–Kier alpha value is -1.85. The molecule has 0 amide bonds. The molecule has 2 atom stereocenters. The van der Waals surface area contributed by atoms with E-state index < -0.39 is 9.84 Å². The second kappa shape index (κ2) is 5.16. The zero-order valence-corrected chi connectivity index (χ0v) is 12.6. The molecule has 0 radical (unpaired) electrons. The van der Waals surface area contributed by atoms with Gasteiger partial charge in [0.2, 0.25) is 0 Å². The molecule has 0 aromatic heterocycles. The summed E-state index contributed by atoms with van der Waals surface area (Å²) >= 11 is 0. The summed E-state index contributed by atoms with van der Waals surface area (Å²) in [6.45, 7) is 0. The zero-order chi connectivity index (χ0) is 15.0. The van der Waals surface area contributed by atoms with Crippen molar-refractivity contribution in [3.63, 3.8) is 0 Å². The molecule has 0 saturated heterocycles. The minimum Gasteiger partial charge on any atom is -0.376 e. The van der Waals surface area contributed by atoms with E-state index in [-0.39, 0.29) is 12.1 Å². The Morgan fingerprint density at radius 3 is 2.52 bits per heavy atom. The predicted octanol–water partition coefficient (Wildman–Crippen LogP) is 2.13. The van der Waals surface area contributed by atoms with Crippen LogP contribution >= 0.6 is 0 Å². The highest BCUT2D eigenvalue weighted by molar-refractivity contribution is 7.90. The summed E-state index contributed by atoms with van der Waals surface area (Å²) in [5.41, 5.74) is 9.20. The molecule has 5 heteroatoms. The van der Waals surface area contributed by atoms with E-state index in [1.807, 2.05) is 24.3 Å². The number of hydrogen-bond donors (Lipinski definition) is 2. The lowest BCUT2D eigenvalue weighted by molar-refractivity contribution is 0.600. The molecule has 0 spiro atoms. The smallest absolute Gasteiger partial charge is 0.177 e. The van der Waals surface area contributed by atoms with Crippen LogP contribution in [0.5, 0.6) is 0 Å². The van der Waals surface area contributed by atoms with Gasteiger partial charge in [0.1, 0.15) is 0 Å².